The summed E-state index contributed by atoms with van der Waals surface area (Å²) in [7, 11) is 0. The molecular weight excluding hydrogens is 130 g/mol. The van der Waals surface area contributed by atoms with Crippen molar-refractivity contribution in [3.63, 3.8) is 0 Å². The van der Waals surface area contributed by atoms with E-state index in [2.05, 4.69) is 0 Å². The summed E-state index contributed by atoms with van der Waals surface area (Å²) in [6.45, 7) is 0. The fourth-order valence-corrected chi connectivity index (χ4v) is 0. The van der Waals surface area contributed by atoms with Gasteiger partial charge >= 0.3 is 59.1 Å². The topological polar surface area (TPSA) is 78.7 Å². The molecule has 0 saturated heterocycles. The van der Waals surface area contributed by atoms with Crippen LogP contribution in [0.5, 0.6) is 0 Å². The van der Waals surface area contributed by atoms with Crippen molar-refractivity contribution in [2.45, 2.75) is 0 Å². The van der Waals surface area contributed by atoms with E-state index in [4.69, 9.17) is 20.4 Å². The number of hydrogen-bond acceptors (Lipinski definition) is 2. The van der Waals surface area contributed by atoms with Crippen molar-refractivity contribution in [3.8, 4) is 0 Å². The largest absolute Gasteiger partial charge is 1.00 e. The van der Waals surface area contributed by atoms with Crippen molar-refractivity contribution in [2.24, 2.45) is 0 Å². The van der Waals surface area contributed by atoms with Gasteiger partial charge in [-0.2, -0.15) is 0 Å². The van der Waals surface area contributed by atoms with Gasteiger partial charge in [-0.3, -0.25) is 9.59 Å². The second-order valence-electron chi connectivity index (χ2n) is 0.183. The van der Waals surface area contributed by atoms with Gasteiger partial charge in [-0.1, -0.05) is 0 Å². The second-order valence-corrected chi connectivity index (χ2v) is 0.183. The maximum absolute atomic E-state index is 8.24. The molecule has 6 heteroatoms. The van der Waals surface area contributed by atoms with Gasteiger partial charge in [0.25, 0.3) is 0 Å². The minimum Gasteiger partial charge on any atom is -0.724 e. The van der Waals surface area contributed by atoms with Crippen LogP contribution in [0.15, 0.2) is 0 Å². The number of isocyanates is 2. The molecule has 0 aromatic heterocycles. The standard InChI is InChI=1S/2CNO.2Na/c2*2-1-3;;/q2*-1;2*+1. The van der Waals surface area contributed by atoms with E-state index < -0.39 is 0 Å². The quantitative estimate of drug-likeness (QED) is 0.186. The number of hydrogen-bond donors (Lipinski definition) is 0. The molecule has 0 bridgehead atoms. The van der Waals surface area contributed by atoms with E-state index in [0.29, 0.717) is 12.2 Å². The normalized spacial score (nSPS) is 2.00. The zero-order valence-electron chi connectivity index (χ0n) is 4.71. The van der Waals surface area contributed by atoms with Crippen molar-refractivity contribution < 1.29 is 68.7 Å². The maximum atomic E-state index is 8.24. The first-order chi connectivity index (χ1) is 2.83. The summed E-state index contributed by atoms with van der Waals surface area (Å²) in [6.07, 6.45) is 1.00. The Bertz CT molecular complexity index is 70.0. The van der Waals surface area contributed by atoms with E-state index in [1.54, 1.807) is 0 Å². The molecule has 0 aliphatic heterocycles. The molecule has 0 aromatic rings. The van der Waals surface area contributed by atoms with Crippen molar-refractivity contribution in [1.82, 2.24) is 0 Å². The predicted octanol–water partition coefficient (Wildman–Crippen LogP) is -6.21. The SMILES string of the molecule is [N-]=C=O.[N-]=C=O.[Na+].[Na+]. The summed E-state index contributed by atoms with van der Waals surface area (Å²) in [4.78, 5) is 16.5. The van der Waals surface area contributed by atoms with Crippen molar-refractivity contribution in [2.75, 3.05) is 0 Å². The molecule has 0 unspecified atom stereocenters. The van der Waals surface area contributed by atoms with Crippen LogP contribution >= 0.6 is 0 Å². The van der Waals surface area contributed by atoms with Crippen molar-refractivity contribution in [1.29, 1.82) is 0 Å². The van der Waals surface area contributed by atoms with Gasteiger partial charge in [0.05, 0.1) is 0 Å². The van der Waals surface area contributed by atoms with E-state index in [9.17, 15) is 0 Å². The van der Waals surface area contributed by atoms with Crippen LogP contribution < -0.4 is 59.1 Å². The van der Waals surface area contributed by atoms with Crippen LogP contribution in [0, 0.1) is 0 Å². The molecule has 0 aliphatic rings. The molecular formula is C2N2Na2O2. The van der Waals surface area contributed by atoms with Gasteiger partial charge in [-0.25, -0.2) is 0 Å². The van der Waals surface area contributed by atoms with Crippen molar-refractivity contribution >= 4 is 12.2 Å². The van der Waals surface area contributed by atoms with Crippen LogP contribution in [0.3, 0.4) is 0 Å². The van der Waals surface area contributed by atoms with Crippen LogP contribution in [0.2, 0.25) is 0 Å². The third-order valence-electron chi connectivity index (χ3n) is 0. The van der Waals surface area contributed by atoms with E-state index in [1.807, 2.05) is 0 Å². The Morgan fingerprint density at radius 1 is 0.875 bits per heavy atom. The number of nitrogens with zero attached hydrogens (tertiary/aromatic N) is 2. The van der Waals surface area contributed by atoms with Gasteiger partial charge in [-0.05, 0) is 12.2 Å². The van der Waals surface area contributed by atoms with Crippen LogP contribution in [-0.2, 0) is 9.59 Å². The summed E-state index contributed by atoms with van der Waals surface area (Å²) in [5.74, 6) is 0. The summed E-state index contributed by atoms with van der Waals surface area (Å²) in [5, 5.41) is 13.5. The van der Waals surface area contributed by atoms with Crippen LogP contribution in [0.1, 0.15) is 0 Å². The van der Waals surface area contributed by atoms with Crippen LogP contribution in [0.25, 0.3) is 10.8 Å². The van der Waals surface area contributed by atoms with Gasteiger partial charge < -0.3 is 10.8 Å². The molecule has 32 valence electrons. The first kappa shape index (κ1) is 23.3. The van der Waals surface area contributed by atoms with E-state index in [-0.39, 0.29) is 59.1 Å². The Labute approximate surface area is 90.6 Å². The zero-order chi connectivity index (χ0) is 5.41. The van der Waals surface area contributed by atoms with Crippen LogP contribution in [0.4, 0.5) is 0 Å². The third kappa shape index (κ3) is 388. The Balaban J connectivity index is -0.0000000160. The molecule has 0 fully saturated rings. The van der Waals surface area contributed by atoms with Crippen molar-refractivity contribution in [3.05, 3.63) is 10.8 Å². The molecule has 0 aromatic carbocycles. The molecule has 4 nitrogen and oxygen atoms in total. The Morgan fingerprint density at radius 2 is 0.875 bits per heavy atom. The minimum atomic E-state index is 0. The molecule has 0 heterocycles. The number of rotatable bonds is 0. The second kappa shape index (κ2) is 46.6. The fourth-order valence-electron chi connectivity index (χ4n) is 0. The average Bonchev–Trinajstić information content (AvgIpc) is 1.39. The third-order valence-corrected chi connectivity index (χ3v) is 0. The summed E-state index contributed by atoms with van der Waals surface area (Å²) < 4.78 is 0. The van der Waals surface area contributed by atoms with Gasteiger partial charge in [0.15, 0.2) is 0 Å². The smallest absolute Gasteiger partial charge is 0.724 e. The average molecular weight is 130 g/mol. The molecule has 8 heavy (non-hydrogen) atoms. The Hall–Kier alpha value is 0.760. The first-order valence-corrected chi connectivity index (χ1v) is 0.855. The zero-order valence-corrected chi connectivity index (χ0v) is 8.71. The van der Waals surface area contributed by atoms with E-state index in [0.717, 1.165) is 0 Å². The Kier molecular flexibility index (Phi) is 135. The fraction of sp³-hybridized carbons (Fsp3) is 0. The molecule has 0 radical (unpaired) electrons. The molecule has 0 spiro atoms. The molecule has 0 aliphatic carbocycles. The summed E-state index contributed by atoms with van der Waals surface area (Å²) >= 11 is 0. The monoisotopic (exact) mass is 130 g/mol. The van der Waals surface area contributed by atoms with Crippen LogP contribution in [-0.4, -0.2) is 12.2 Å². The molecule has 0 N–H and O–H groups in total. The molecule has 0 atom stereocenters. The predicted molar refractivity (Wildman–Crippen MR) is 18.1 cm³/mol. The number of carbonyl (C=O) groups excluding carboxylic acids is 2. The molecule has 0 saturated carbocycles. The van der Waals surface area contributed by atoms with Gasteiger partial charge in [-0.15, -0.1) is 0 Å². The first-order valence-electron chi connectivity index (χ1n) is 0.855. The van der Waals surface area contributed by atoms with Gasteiger partial charge in [0, 0.05) is 0 Å². The summed E-state index contributed by atoms with van der Waals surface area (Å²) in [5.41, 5.74) is 0. The minimum absolute atomic E-state index is 0. The Morgan fingerprint density at radius 3 is 0.875 bits per heavy atom. The van der Waals surface area contributed by atoms with Gasteiger partial charge in [0.2, 0.25) is 0 Å². The molecule has 0 rings (SSSR count). The molecule has 0 amide bonds. The summed E-state index contributed by atoms with van der Waals surface area (Å²) in [6, 6.07) is 0. The van der Waals surface area contributed by atoms with E-state index >= 15 is 0 Å². The maximum Gasteiger partial charge on any atom is 1.00 e. The van der Waals surface area contributed by atoms with E-state index in [1.165, 1.54) is 0 Å². The van der Waals surface area contributed by atoms with Gasteiger partial charge in [0.1, 0.15) is 0 Å².